The molecule has 0 bridgehead atoms. The van der Waals surface area contributed by atoms with Gasteiger partial charge >= 0.3 is 0 Å². The van der Waals surface area contributed by atoms with Crippen LogP contribution in [0.1, 0.15) is 64.7 Å². The number of Topliss-reactive ketones (excluding diaryl/α,β-unsaturated/α-hetero) is 1. The second-order valence-electron chi connectivity index (χ2n) is 5.87. The Kier molecular flexibility index (Phi) is 12.6. The number of ketones is 1. The zero-order valence-corrected chi connectivity index (χ0v) is 13.5. The van der Waals surface area contributed by atoms with Crippen molar-refractivity contribution in [3.8, 4) is 0 Å². The zero-order chi connectivity index (χ0) is 17.0. The van der Waals surface area contributed by atoms with Gasteiger partial charge < -0.3 is 25.5 Å². The quantitative estimate of drug-likeness (QED) is 0.298. The minimum Gasteiger partial charge on any atom is -0.394 e. The highest BCUT2D eigenvalue weighted by atomic mass is 16.4. The van der Waals surface area contributed by atoms with E-state index in [0.29, 0.717) is 6.42 Å². The van der Waals surface area contributed by atoms with E-state index in [1.54, 1.807) is 0 Å². The van der Waals surface area contributed by atoms with Crippen molar-refractivity contribution in [2.45, 2.75) is 89.1 Å². The number of unbranched alkanes of at least 4 members (excludes halogenated alkanes) is 7. The van der Waals surface area contributed by atoms with Gasteiger partial charge in [0.2, 0.25) is 0 Å². The van der Waals surface area contributed by atoms with Gasteiger partial charge in [-0.15, -0.1) is 0 Å². The van der Waals surface area contributed by atoms with Gasteiger partial charge in [0.1, 0.15) is 18.3 Å². The smallest absolute Gasteiger partial charge is 0.195 e. The maximum atomic E-state index is 11.6. The topological polar surface area (TPSA) is 118 Å². The van der Waals surface area contributed by atoms with Crippen LogP contribution < -0.4 is 0 Å². The SMILES string of the molecule is CCCCCCCCCCC(O)[C@@H](O)C(=O)[C@H](O)[C@@H](O)CO. The van der Waals surface area contributed by atoms with Gasteiger partial charge in [-0.3, -0.25) is 4.79 Å². The van der Waals surface area contributed by atoms with Gasteiger partial charge in [-0.05, 0) is 6.42 Å². The van der Waals surface area contributed by atoms with Gasteiger partial charge in [-0.25, -0.2) is 0 Å². The first-order valence-electron chi connectivity index (χ1n) is 8.32. The molecule has 0 rings (SSSR count). The summed E-state index contributed by atoms with van der Waals surface area (Å²) in [5, 5.41) is 46.6. The summed E-state index contributed by atoms with van der Waals surface area (Å²) < 4.78 is 0. The molecule has 5 N–H and O–H groups in total. The Bertz CT molecular complexity index is 284. The summed E-state index contributed by atoms with van der Waals surface area (Å²) in [5.74, 6) is -1.06. The van der Waals surface area contributed by atoms with E-state index in [9.17, 15) is 20.1 Å². The van der Waals surface area contributed by atoms with Crippen LogP contribution >= 0.6 is 0 Å². The number of carbonyl (C=O) groups excluding carboxylic acids is 1. The molecule has 0 aromatic carbocycles. The van der Waals surface area contributed by atoms with E-state index in [1.807, 2.05) is 0 Å². The molecule has 4 atom stereocenters. The molecule has 0 saturated heterocycles. The molecule has 22 heavy (non-hydrogen) atoms. The Morgan fingerprint density at radius 1 is 0.773 bits per heavy atom. The van der Waals surface area contributed by atoms with Crippen molar-refractivity contribution in [3.05, 3.63) is 0 Å². The fourth-order valence-electron chi connectivity index (χ4n) is 2.30. The van der Waals surface area contributed by atoms with E-state index in [-0.39, 0.29) is 6.42 Å². The second-order valence-corrected chi connectivity index (χ2v) is 5.87. The Hall–Kier alpha value is -0.530. The number of carbonyl (C=O) groups is 1. The normalized spacial score (nSPS) is 17.0. The minimum atomic E-state index is -1.88. The van der Waals surface area contributed by atoms with Crippen LogP contribution in [0.3, 0.4) is 0 Å². The van der Waals surface area contributed by atoms with Crippen LogP contribution in [0.4, 0.5) is 0 Å². The minimum absolute atomic E-state index is 0.268. The number of hydrogen-bond acceptors (Lipinski definition) is 6. The van der Waals surface area contributed by atoms with Crippen molar-refractivity contribution in [1.82, 2.24) is 0 Å². The summed E-state index contributed by atoms with van der Waals surface area (Å²) in [5.41, 5.74) is 0. The third-order valence-electron chi connectivity index (χ3n) is 3.85. The summed E-state index contributed by atoms with van der Waals surface area (Å²) in [6.45, 7) is 1.39. The lowest BCUT2D eigenvalue weighted by Crippen LogP contribution is -2.46. The van der Waals surface area contributed by atoms with Crippen LogP contribution in [0.25, 0.3) is 0 Å². The number of hydrogen-bond donors (Lipinski definition) is 5. The molecule has 0 fully saturated rings. The Labute approximate surface area is 132 Å². The highest BCUT2D eigenvalue weighted by Gasteiger charge is 2.32. The molecular formula is C16H32O6. The largest absolute Gasteiger partial charge is 0.394 e. The van der Waals surface area contributed by atoms with Crippen LogP contribution in [-0.2, 0) is 4.79 Å². The first-order valence-corrected chi connectivity index (χ1v) is 8.32. The van der Waals surface area contributed by atoms with Crippen LogP contribution in [0.2, 0.25) is 0 Å². The molecule has 0 aliphatic heterocycles. The molecule has 0 aliphatic carbocycles. The Morgan fingerprint density at radius 2 is 1.23 bits per heavy atom. The lowest BCUT2D eigenvalue weighted by Gasteiger charge is -2.21. The first-order chi connectivity index (χ1) is 10.5. The average Bonchev–Trinajstić information content (AvgIpc) is 2.54. The monoisotopic (exact) mass is 320 g/mol. The molecule has 6 nitrogen and oxygen atoms in total. The highest BCUT2D eigenvalue weighted by Crippen LogP contribution is 2.13. The summed E-state index contributed by atoms with van der Waals surface area (Å²) >= 11 is 0. The van der Waals surface area contributed by atoms with E-state index in [4.69, 9.17) is 10.2 Å². The molecule has 0 saturated carbocycles. The van der Waals surface area contributed by atoms with E-state index in [0.717, 1.165) is 19.3 Å². The Balaban J connectivity index is 3.82. The first kappa shape index (κ1) is 21.5. The molecule has 1 unspecified atom stereocenters. The van der Waals surface area contributed by atoms with Crippen molar-refractivity contribution >= 4 is 5.78 Å². The van der Waals surface area contributed by atoms with Gasteiger partial charge in [-0.1, -0.05) is 58.3 Å². The van der Waals surface area contributed by atoms with Crippen molar-refractivity contribution in [2.75, 3.05) is 6.61 Å². The number of aliphatic hydroxyl groups is 5. The van der Waals surface area contributed by atoms with Crippen molar-refractivity contribution in [3.63, 3.8) is 0 Å². The zero-order valence-electron chi connectivity index (χ0n) is 13.5. The average molecular weight is 320 g/mol. The van der Waals surface area contributed by atoms with Gasteiger partial charge in [0.15, 0.2) is 5.78 Å². The maximum Gasteiger partial charge on any atom is 0.195 e. The lowest BCUT2D eigenvalue weighted by atomic mass is 9.97. The molecule has 0 amide bonds. The molecule has 0 radical (unpaired) electrons. The van der Waals surface area contributed by atoms with Crippen LogP contribution in [-0.4, -0.2) is 62.3 Å². The standard InChI is InChI=1S/C16H32O6/c1-2-3-4-5-6-7-8-9-10-12(18)14(20)16(22)15(21)13(19)11-17/h12-15,17-21H,2-11H2,1H3/t12?,13-,14+,15+/m0/s1. The summed E-state index contributed by atoms with van der Waals surface area (Å²) in [6.07, 6.45) is 2.52. The number of rotatable bonds is 14. The Morgan fingerprint density at radius 3 is 1.73 bits per heavy atom. The van der Waals surface area contributed by atoms with Crippen molar-refractivity contribution in [1.29, 1.82) is 0 Å². The molecular weight excluding hydrogens is 288 g/mol. The molecule has 0 aromatic rings. The second kappa shape index (κ2) is 13.0. The van der Waals surface area contributed by atoms with E-state index in [1.165, 1.54) is 25.7 Å². The van der Waals surface area contributed by atoms with E-state index < -0.39 is 36.8 Å². The number of aliphatic hydroxyl groups excluding tert-OH is 5. The van der Waals surface area contributed by atoms with E-state index >= 15 is 0 Å². The molecule has 132 valence electrons. The fraction of sp³-hybridized carbons (Fsp3) is 0.938. The third-order valence-corrected chi connectivity index (χ3v) is 3.85. The van der Waals surface area contributed by atoms with Crippen molar-refractivity contribution < 1.29 is 30.3 Å². The third kappa shape index (κ3) is 8.80. The van der Waals surface area contributed by atoms with Gasteiger partial charge in [-0.2, -0.15) is 0 Å². The van der Waals surface area contributed by atoms with Gasteiger partial charge in [0, 0.05) is 0 Å². The summed E-state index contributed by atoms with van der Waals surface area (Å²) in [6, 6.07) is 0. The predicted molar refractivity (Wildman–Crippen MR) is 83.3 cm³/mol. The van der Waals surface area contributed by atoms with Gasteiger partial charge in [0.25, 0.3) is 0 Å². The van der Waals surface area contributed by atoms with Crippen LogP contribution in [0, 0.1) is 0 Å². The summed E-state index contributed by atoms with van der Waals surface area (Å²) in [7, 11) is 0. The van der Waals surface area contributed by atoms with Gasteiger partial charge in [0.05, 0.1) is 12.7 Å². The van der Waals surface area contributed by atoms with Crippen LogP contribution in [0.15, 0.2) is 0 Å². The fourth-order valence-corrected chi connectivity index (χ4v) is 2.30. The van der Waals surface area contributed by atoms with E-state index in [2.05, 4.69) is 6.92 Å². The summed E-state index contributed by atoms with van der Waals surface area (Å²) in [4.78, 5) is 11.6. The molecule has 0 spiro atoms. The molecule has 0 heterocycles. The molecule has 0 aliphatic rings. The molecule has 0 aromatic heterocycles. The molecule has 6 heteroatoms. The van der Waals surface area contributed by atoms with Crippen molar-refractivity contribution in [2.24, 2.45) is 0 Å². The maximum absolute atomic E-state index is 11.6. The predicted octanol–water partition coefficient (Wildman–Crippen LogP) is 0.522. The lowest BCUT2D eigenvalue weighted by molar-refractivity contribution is -0.149. The van der Waals surface area contributed by atoms with Crippen LogP contribution in [0.5, 0.6) is 0 Å². The highest BCUT2D eigenvalue weighted by molar-refractivity contribution is 5.88.